The third-order valence-electron chi connectivity index (χ3n) is 4.00. The van der Waals surface area contributed by atoms with Crippen molar-refractivity contribution in [2.45, 2.75) is 39.7 Å². The summed E-state index contributed by atoms with van der Waals surface area (Å²) < 4.78 is 6.74. The first-order chi connectivity index (χ1) is 13.0. The summed E-state index contributed by atoms with van der Waals surface area (Å²) in [5, 5.41) is 13.2. The van der Waals surface area contributed by atoms with E-state index in [4.69, 9.17) is 27.9 Å². The minimum atomic E-state index is -1.00. The van der Waals surface area contributed by atoms with Gasteiger partial charge in [0.1, 0.15) is 10.0 Å². The highest BCUT2D eigenvalue weighted by molar-refractivity contribution is 6.42. The van der Waals surface area contributed by atoms with E-state index in [-0.39, 0.29) is 29.1 Å². The number of carbonyl (C=O) groups is 1. The molecule has 7 nitrogen and oxygen atoms in total. The first-order valence-corrected chi connectivity index (χ1v) is 9.46. The number of carboxylic acid groups (broad SMARTS) is 1. The lowest BCUT2D eigenvalue weighted by molar-refractivity contribution is 0.0959. The molecule has 0 atom stereocenters. The summed E-state index contributed by atoms with van der Waals surface area (Å²) in [7, 11) is 0. The van der Waals surface area contributed by atoms with Crippen LogP contribution in [0.2, 0.25) is 10.0 Å². The third kappa shape index (κ3) is 5.17. The zero-order valence-electron chi connectivity index (χ0n) is 16.2. The molecule has 1 aromatic heterocycles. The van der Waals surface area contributed by atoms with Crippen molar-refractivity contribution in [3.63, 3.8) is 0 Å². The van der Waals surface area contributed by atoms with Crippen LogP contribution in [0.1, 0.15) is 32.8 Å². The Kier molecular flexibility index (Phi) is 6.96. The van der Waals surface area contributed by atoms with Gasteiger partial charge >= 0.3 is 6.09 Å². The zero-order chi connectivity index (χ0) is 21.1. The van der Waals surface area contributed by atoms with Gasteiger partial charge in [0.15, 0.2) is 0 Å². The van der Waals surface area contributed by atoms with Gasteiger partial charge in [0.05, 0.1) is 12.3 Å². The first kappa shape index (κ1) is 22.0. The standard InChI is InChI=1S/C19H23Cl2N3O4/c1-12-7-5-8-13(11-12)24-17(25)15(21)14(20)16(22-24)28-10-6-9-23(18(26)27)19(2,3)4/h5,7-8,11H,6,9-10H2,1-4H3,(H,26,27). The lowest BCUT2D eigenvalue weighted by Crippen LogP contribution is -2.45. The second kappa shape index (κ2) is 8.84. The van der Waals surface area contributed by atoms with Gasteiger partial charge in [-0.15, -0.1) is 5.10 Å². The second-order valence-corrected chi connectivity index (χ2v) is 8.05. The lowest BCUT2D eigenvalue weighted by atomic mass is 10.1. The SMILES string of the molecule is Cc1cccc(-n2nc(OCCCN(C(=O)O)C(C)(C)C)c(Cl)c(Cl)c2=O)c1. The van der Waals surface area contributed by atoms with Crippen molar-refractivity contribution < 1.29 is 14.6 Å². The number of amides is 1. The topological polar surface area (TPSA) is 84.7 Å². The van der Waals surface area contributed by atoms with E-state index >= 15 is 0 Å². The molecule has 152 valence electrons. The molecule has 0 fully saturated rings. The average Bonchev–Trinajstić information content (AvgIpc) is 2.59. The van der Waals surface area contributed by atoms with E-state index in [9.17, 15) is 14.7 Å². The number of hydrogen-bond acceptors (Lipinski definition) is 4. The van der Waals surface area contributed by atoms with Gasteiger partial charge in [-0.1, -0.05) is 35.3 Å². The maximum Gasteiger partial charge on any atom is 0.407 e. The Morgan fingerprint density at radius 1 is 1.29 bits per heavy atom. The van der Waals surface area contributed by atoms with Crippen molar-refractivity contribution in [1.29, 1.82) is 0 Å². The van der Waals surface area contributed by atoms with Crippen molar-refractivity contribution in [2.75, 3.05) is 13.2 Å². The minimum Gasteiger partial charge on any atom is -0.475 e. The maximum atomic E-state index is 12.4. The van der Waals surface area contributed by atoms with Gasteiger partial charge < -0.3 is 14.7 Å². The van der Waals surface area contributed by atoms with Gasteiger partial charge in [-0.3, -0.25) is 4.79 Å². The molecule has 28 heavy (non-hydrogen) atoms. The summed E-state index contributed by atoms with van der Waals surface area (Å²) in [5.74, 6) is 0.0189. The maximum absolute atomic E-state index is 12.4. The fourth-order valence-electron chi connectivity index (χ4n) is 2.60. The van der Waals surface area contributed by atoms with Crippen LogP contribution in [0.25, 0.3) is 5.69 Å². The van der Waals surface area contributed by atoms with Crippen LogP contribution in [0.3, 0.4) is 0 Å². The fraction of sp³-hybridized carbons (Fsp3) is 0.421. The zero-order valence-corrected chi connectivity index (χ0v) is 17.7. The van der Waals surface area contributed by atoms with Crippen LogP contribution in [0.5, 0.6) is 5.88 Å². The number of ether oxygens (including phenoxy) is 1. The lowest BCUT2D eigenvalue weighted by Gasteiger charge is -2.33. The summed E-state index contributed by atoms with van der Waals surface area (Å²) in [6, 6.07) is 7.21. The Balaban J connectivity index is 2.18. The highest BCUT2D eigenvalue weighted by atomic mass is 35.5. The Labute approximate surface area is 173 Å². The largest absolute Gasteiger partial charge is 0.475 e. The third-order valence-corrected chi connectivity index (χ3v) is 4.80. The Morgan fingerprint density at radius 2 is 1.96 bits per heavy atom. The molecule has 1 heterocycles. The number of rotatable bonds is 6. The van der Waals surface area contributed by atoms with E-state index in [1.807, 2.05) is 33.8 Å². The summed E-state index contributed by atoms with van der Waals surface area (Å²) in [6.07, 6.45) is -0.581. The van der Waals surface area contributed by atoms with Crippen LogP contribution < -0.4 is 10.3 Å². The highest BCUT2D eigenvalue weighted by Crippen LogP contribution is 2.27. The van der Waals surface area contributed by atoms with Crippen molar-refractivity contribution in [2.24, 2.45) is 0 Å². The summed E-state index contributed by atoms with van der Waals surface area (Å²) in [6.45, 7) is 7.79. The summed E-state index contributed by atoms with van der Waals surface area (Å²) in [5.41, 5.74) is 0.423. The van der Waals surface area contributed by atoms with Crippen LogP contribution in [0, 0.1) is 6.92 Å². The fourth-order valence-corrected chi connectivity index (χ4v) is 2.93. The highest BCUT2D eigenvalue weighted by Gasteiger charge is 2.25. The molecule has 0 unspecified atom stereocenters. The summed E-state index contributed by atoms with van der Waals surface area (Å²) >= 11 is 12.2. The van der Waals surface area contributed by atoms with E-state index in [0.717, 1.165) is 10.2 Å². The number of aryl methyl sites for hydroxylation is 1. The Morgan fingerprint density at radius 3 is 2.54 bits per heavy atom. The van der Waals surface area contributed by atoms with E-state index in [1.54, 1.807) is 18.2 Å². The van der Waals surface area contributed by atoms with Crippen molar-refractivity contribution in [3.05, 3.63) is 50.2 Å². The number of nitrogens with zero attached hydrogens (tertiary/aromatic N) is 3. The molecule has 0 saturated carbocycles. The minimum absolute atomic E-state index is 0.0189. The average molecular weight is 428 g/mol. The molecule has 1 aromatic carbocycles. The van der Waals surface area contributed by atoms with Crippen LogP contribution in [-0.4, -0.2) is 44.6 Å². The van der Waals surface area contributed by atoms with E-state index in [0.29, 0.717) is 12.1 Å². The molecule has 0 aliphatic carbocycles. The van der Waals surface area contributed by atoms with Gasteiger partial charge in [0, 0.05) is 12.1 Å². The molecule has 1 N–H and O–H groups in total. The van der Waals surface area contributed by atoms with Crippen LogP contribution >= 0.6 is 23.2 Å². The van der Waals surface area contributed by atoms with Crippen LogP contribution in [0.15, 0.2) is 29.1 Å². The van der Waals surface area contributed by atoms with Crippen molar-refractivity contribution in [1.82, 2.24) is 14.7 Å². The van der Waals surface area contributed by atoms with E-state index in [1.165, 1.54) is 4.90 Å². The van der Waals surface area contributed by atoms with Gasteiger partial charge in [0.2, 0.25) is 0 Å². The van der Waals surface area contributed by atoms with Crippen LogP contribution in [-0.2, 0) is 0 Å². The van der Waals surface area contributed by atoms with Crippen molar-refractivity contribution in [3.8, 4) is 11.6 Å². The molecule has 0 aliphatic heterocycles. The van der Waals surface area contributed by atoms with Gasteiger partial charge in [-0.2, -0.15) is 4.68 Å². The first-order valence-electron chi connectivity index (χ1n) is 8.71. The quantitative estimate of drug-likeness (QED) is 0.690. The predicted molar refractivity (Wildman–Crippen MR) is 109 cm³/mol. The van der Waals surface area contributed by atoms with Gasteiger partial charge in [-0.25, -0.2) is 4.79 Å². The number of benzene rings is 1. The monoisotopic (exact) mass is 427 g/mol. The predicted octanol–water partition coefficient (Wildman–Crippen LogP) is 4.40. The normalized spacial score (nSPS) is 11.4. The van der Waals surface area contributed by atoms with E-state index in [2.05, 4.69) is 5.10 Å². The molecular formula is C19H23Cl2N3O4. The Bertz CT molecular complexity index is 922. The smallest absolute Gasteiger partial charge is 0.407 e. The molecule has 9 heteroatoms. The molecular weight excluding hydrogens is 405 g/mol. The van der Waals surface area contributed by atoms with Gasteiger partial charge in [-0.05, 0) is 51.8 Å². The molecule has 0 bridgehead atoms. The summed E-state index contributed by atoms with van der Waals surface area (Å²) in [4.78, 5) is 25.1. The van der Waals surface area contributed by atoms with E-state index < -0.39 is 17.2 Å². The van der Waals surface area contributed by atoms with Crippen molar-refractivity contribution >= 4 is 29.3 Å². The number of halogens is 2. The molecule has 2 aromatic rings. The number of aromatic nitrogens is 2. The molecule has 0 radical (unpaired) electrons. The number of hydrogen-bond donors (Lipinski definition) is 1. The molecule has 2 rings (SSSR count). The second-order valence-electron chi connectivity index (χ2n) is 7.30. The molecule has 0 saturated heterocycles. The Hall–Kier alpha value is -2.25. The van der Waals surface area contributed by atoms with Crippen LogP contribution in [0.4, 0.5) is 4.79 Å². The molecule has 1 amide bonds. The molecule has 0 spiro atoms. The molecule has 0 aliphatic rings. The van der Waals surface area contributed by atoms with Gasteiger partial charge in [0.25, 0.3) is 11.4 Å².